The van der Waals surface area contributed by atoms with E-state index < -0.39 is 0 Å². The number of nitrogens with zero attached hydrogens (tertiary/aromatic N) is 1. The van der Waals surface area contributed by atoms with Gasteiger partial charge in [-0.25, -0.2) is 0 Å². The van der Waals surface area contributed by atoms with Crippen molar-refractivity contribution in [1.82, 2.24) is 4.90 Å². The van der Waals surface area contributed by atoms with Crippen LogP contribution in [0.25, 0.3) is 0 Å². The Labute approximate surface area is 132 Å². The van der Waals surface area contributed by atoms with Crippen LogP contribution in [0.3, 0.4) is 0 Å². The van der Waals surface area contributed by atoms with Crippen molar-refractivity contribution in [2.75, 3.05) is 18.4 Å². The van der Waals surface area contributed by atoms with Gasteiger partial charge in [-0.1, -0.05) is 48.5 Å². The van der Waals surface area contributed by atoms with Crippen molar-refractivity contribution in [3.8, 4) is 0 Å². The standard InChI is InChI=1S/C19H24N2O/c1-15(16-8-4-2-5-9-16)21-13-12-18(19(22)14-21)20-17-10-6-3-7-11-17/h2-11,15,18-20,22H,12-14H2,1H3. The summed E-state index contributed by atoms with van der Waals surface area (Å²) in [4.78, 5) is 2.36. The largest absolute Gasteiger partial charge is 0.390 e. The van der Waals surface area contributed by atoms with Crippen LogP contribution >= 0.6 is 0 Å². The Morgan fingerprint density at radius 3 is 2.32 bits per heavy atom. The highest BCUT2D eigenvalue weighted by molar-refractivity contribution is 5.43. The van der Waals surface area contributed by atoms with Crippen molar-refractivity contribution < 1.29 is 5.11 Å². The molecule has 116 valence electrons. The van der Waals surface area contributed by atoms with Crippen LogP contribution < -0.4 is 5.32 Å². The molecule has 0 bridgehead atoms. The Hall–Kier alpha value is -1.84. The smallest absolute Gasteiger partial charge is 0.0868 e. The van der Waals surface area contributed by atoms with Crippen molar-refractivity contribution in [1.29, 1.82) is 0 Å². The molecule has 22 heavy (non-hydrogen) atoms. The lowest BCUT2D eigenvalue weighted by molar-refractivity contribution is 0.0408. The highest BCUT2D eigenvalue weighted by Crippen LogP contribution is 2.25. The number of β-amino-alcohol motifs (C(OH)–C–C–N with tert-alkyl or cyclic N) is 1. The number of para-hydroxylation sites is 1. The third-order valence-electron chi connectivity index (χ3n) is 4.57. The van der Waals surface area contributed by atoms with Gasteiger partial charge < -0.3 is 10.4 Å². The van der Waals surface area contributed by atoms with Gasteiger partial charge in [-0.15, -0.1) is 0 Å². The Bertz CT molecular complexity index is 573. The molecule has 1 fully saturated rings. The maximum atomic E-state index is 10.5. The minimum Gasteiger partial charge on any atom is -0.390 e. The van der Waals surface area contributed by atoms with E-state index in [-0.39, 0.29) is 12.1 Å². The number of likely N-dealkylation sites (tertiary alicyclic amines) is 1. The highest BCUT2D eigenvalue weighted by atomic mass is 16.3. The lowest BCUT2D eigenvalue weighted by Crippen LogP contribution is -2.50. The van der Waals surface area contributed by atoms with Gasteiger partial charge in [0, 0.05) is 24.8 Å². The molecule has 1 aliphatic rings. The normalized spacial score (nSPS) is 23.9. The summed E-state index contributed by atoms with van der Waals surface area (Å²) in [7, 11) is 0. The predicted molar refractivity (Wildman–Crippen MR) is 90.9 cm³/mol. The molecule has 0 saturated carbocycles. The first kappa shape index (κ1) is 15.1. The summed E-state index contributed by atoms with van der Waals surface area (Å²) in [5.74, 6) is 0. The molecule has 2 N–H and O–H groups in total. The SMILES string of the molecule is CC(c1ccccc1)N1CCC(Nc2ccccc2)C(O)C1. The molecule has 1 saturated heterocycles. The number of piperidine rings is 1. The molecule has 2 aromatic rings. The maximum absolute atomic E-state index is 10.5. The first-order valence-corrected chi connectivity index (χ1v) is 8.02. The topological polar surface area (TPSA) is 35.5 Å². The van der Waals surface area contributed by atoms with Crippen molar-refractivity contribution in [3.63, 3.8) is 0 Å². The Morgan fingerprint density at radius 1 is 1.05 bits per heavy atom. The van der Waals surface area contributed by atoms with E-state index in [0.29, 0.717) is 12.6 Å². The van der Waals surface area contributed by atoms with Gasteiger partial charge in [0.25, 0.3) is 0 Å². The number of aliphatic hydroxyl groups is 1. The fourth-order valence-electron chi connectivity index (χ4n) is 3.17. The molecule has 1 aliphatic heterocycles. The van der Waals surface area contributed by atoms with Crippen molar-refractivity contribution >= 4 is 5.69 Å². The highest BCUT2D eigenvalue weighted by Gasteiger charge is 2.30. The second-order valence-corrected chi connectivity index (χ2v) is 6.05. The molecule has 3 atom stereocenters. The summed E-state index contributed by atoms with van der Waals surface area (Å²) in [6.45, 7) is 3.92. The van der Waals surface area contributed by atoms with Crippen LogP contribution in [0.15, 0.2) is 60.7 Å². The summed E-state index contributed by atoms with van der Waals surface area (Å²) >= 11 is 0. The van der Waals surface area contributed by atoms with Gasteiger partial charge in [-0.3, -0.25) is 4.90 Å². The van der Waals surface area contributed by atoms with Crippen LogP contribution in [0.5, 0.6) is 0 Å². The predicted octanol–water partition coefficient (Wildman–Crippen LogP) is 3.29. The van der Waals surface area contributed by atoms with E-state index in [1.54, 1.807) is 0 Å². The lowest BCUT2D eigenvalue weighted by atomic mass is 9.98. The molecule has 0 aromatic heterocycles. The quantitative estimate of drug-likeness (QED) is 0.909. The molecule has 3 heteroatoms. The zero-order chi connectivity index (χ0) is 15.4. The maximum Gasteiger partial charge on any atom is 0.0868 e. The van der Waals surface area contributed by atoms with Gasteiger partial charge in [-0.2, -0.15) is 0 Å². The summed E-state index contributed by atoms with van der Waals surface area (Å²) in [5.41, 5.74) is 2.39. The van der Waals surface area contributed by atoms with Crippen LogP contribution in [0.2, 0.25) is 0 Å². The molecular weight excluding hydrogens is 272 g/mol. The van der Waals surface area contributed by atoms with Gasteiger partial charge >= 0.3 is 0 Å². The zero-order valence-corrected chi connectivity index (χ0v) is 13.0. The summed E-state index contributed by atoms with van der Waals surface area (Å²) in [6, 6.07) is 21.1. The van der Waals surface area contributed by atoms with Crippen molar-refractivity contribution in [2.24, 2.45) is 0 Å². The molecule has 0 amide bonds. The fraction of sp³-hybridized carbons (Fsp3) is 0.368. The second kappa shape index (κ2) is 6.95. The van der Waals surface area contributed by atoms with E-state index in [9.17, 15) is 5.11 Å². The first-order chi connectivity index (χ1) is 10.7. The minimum absolute atomic E-state index is 0.127. The third kappa shape index (κ3) is 3.49. The Balaban J connectivity index is 1.60. The van der Waals surface area contributed by atoms with E-state index in [0.717, 1.165) is 18.7 Å². The fourth-order valence-corrected chi connectivity index (χ4v) is 3.17. The number of anilines is 1. The molecule has 3 rings (SSSR count). The molecular formula is C19H24N2O. The number of hydrogen-bond donors (Lipinski definition) is 2. The van der Waals surface area contributed by atoms with Gasteiger partial charge in [0.1, 0.15) is 0 Å². The molecule has 1 heterocycles. The molecule has 0 radical (unpaired) electrons. The monoisotopic (exact) mass is 296 g/mol. The molecule has 3 nitrogen and oxygen atoms in total. The van der Waals surface area contributed by atoms with E-state index in [1.807, 2.05) is 36.4 Å². The van der Waals surface area contributed by atoms with Gasteiger partial charge in [0.2, 0.25) is 0 Å². The molecule has 0 aliphatic carbocycles. The van der Waals surface area contributed by atoms with Crippen molar-refractivity contribution in [3.05, 3.63) is 66.2 Å². The van der Waals surface area contributed by atoms with Crippen molar-refractivity contribution in [2.45, 2.75) is 31.5 Å². The minimum atomic E-state index is -0.347. The van der Waals surface area contributed by atoms with Crippen LogP contribution in [0, 0.1) is 0 Å². The molecule has 0 spiro atoms. The van der Waals surface area contributed by atoms with Gasteiger partial charge in [-0.05, 0) is 31.0 Å². The number of benzene rings is 2. The lowest BCUT2D eigenvalue weighted by Gasteiger charge is -2.40. The van der Waals surface area contributed by atoms with Gasteiger partial charge in [0.05, 0.1) is 12.1 Å². The second-order valence-electron chi connectivity index (χ2n) is 6.05. The van der Waals surface area contributed by atoms with Crippen LogP contribution in [0.1, 0.15) is 24.9 Å². The number of hydrogen-bond acceptors (Lipinski definition) is 3. The van der Waals surface area contributed by atoms with E-state index in [4.69, 9.17) is 0 Å². The summed E-state index contributed by atoms with van der Waals surface area (Å²) in [5, 5.41) is 13.9. The number of nitrogens with one attached hydrogen (secondary N) is 1. The Kier molecular flexibility index (Phi) is 4.76. The van der Waals surface area contributed by atoms with E-state index in [2.05, 4.69) is 41.4 Å². The van der Waals surface area contributed by atoms with Crippen LogP contribution in [-0.2, 0) is 0 Å². The van der Waals surface area contributed by atoms with Crippen LogP contribution in [-0.4, -0.2) is 35.2 Å². The third-order valence-corrected chi connectivity index (χ3v) is 4.57. The Morgan fingerprint density at radius 2 is 1.68 bits per heavy atom. The van der Waals surface area contributed by atoms with Crippen LogP contribution in [0.4, 0.5) is 5.69 Å². The average Bonchev–Trinajstić information content (AvgIpc) is 2.58. The number of aliphatic hydroxyl groups excluding tert-OH is 1. The average molecular weight is 296 g/mol. The first-order valence-electron chi connectivity index (χ1n) is 8.02. The van der Waals surface area contributed by atoms with E-state index >= 15 is 0 Å². The summed E-state index contributed by atoms with van der Waals surface area (Å²) in [6.07, 6.45) is 0.605. The molecule has 2 aromatic carbocycles. The zero-order valence-electron chi connectivity index (χ0n) is 13.0. The summed E-state index contributed by atoms with van der Waals surface area (Å²) < 4.78 is 0. The van der Waals surface area contributed by atoms with E-state index in [1.165, 1.54) is 5.56 Å². The molecule has 3 unspecified atom stereocenters. The van der Waals surface area contributed by atoms with Gasteiger partial charge in [0.15, 0.2) is 0 Å². The number of rotatable bonds is 4.